The standard InChI is InChI=1S/C8H8O.C6H4Cl2/c1-7(9)8-5-3-2-4-6-8;7-5-3-1-2-4-6(5)8/h2-6H,1H3;1-4H. The molecule has 0 aliphatic rings. The van der Waals surface area contributed by atoms with Gasteiger partial charge in [0.1, 0.15) is 0 Å². The van der Waals surface area contributed by atoms with Crippen LogP contribution in [0.4, 0.5) is 0 Å². The third kappa shape index (κ3) is 5.03. The Bertz CT molecular complexity index is 460. The van der Waals surface area contributed by atoms with E-state index in [1.54, 1.807) is 19.1 Å². The van der Waals surface area contributed by atoms with Crippen LogP contribution in [0.25, 0.3) is 0 Å². The van der Waals surface area contributed by atoms with Gasteiger partial charge in [-0.25, -0.2) is 0 Å². The lowest BCUT2D eigenvalue weighted by Gasteiger charge is -1.89. The van der Waals surface area contributed by atoms with Gasteiger partial charge in [0, 0.05) is 5.56 Å². The van der Waals surface area contributed by atoms with Crippen molar-refractivity contribution in [1.82, 2.24) is 0 Å². The molecular weight excluding hydrogens is 255 g/mol. The summed E-state index contributed by atoms with van der Waals surface area (Å²) in [6, 6.07) is 16.4. The average molecular weight is 267 g/mol. The smallest absolute Gasteiger partial charge is 0.159 e. The topological polar surface area (TPSA) is 17.1 Å². The van der Waals surface area contributed by atoms with Crippen LogP contribution in [0.1, 0.15) is 17.3 Å². The number of benzene rings is 2. The van der Waals surface area contributed by atoms with Gasteiger partial charge in [-0.05, 0) is 19.1 Å². The zero-order valence-corrected chi connectivity index (χ0v) is 10.9. The molecule has 0 unspecified atom stereocenters. The highest BCUT2D eigenvalue weighted by molar-refractivity contribution is 6.41. The number of carbonyl (C=O) groups is 1. The lowest BCUT2D eigenvalue weighted by atomic mass is 10.2. The second-order valence-electron chi connectivity index (χ2n) is 3.34. The molecule has 1 nitrogen and oxygen atoms in total. The van der Waals surface area contributed by atoms with Crippen LogP contribution in [0, 0.1) is 0 Å². The maximum atomic E-state index is 10.6. The van der Waals surface area contributed by atoms with Crippen LogP contribution in [0.3, 0.4) is 0 Å². The molecular formula is C14H12Cl2O. The summed E-state index contributed by atoms with van der Waals surface area (Å²) in [5.74, 6) is 0.121. The summed E-state index contributed by atoms with van der Waals surface area (Å²) < 4.78 is 0. The van der Waals surface area contributed by atoms with Gasteiger partial charge in [0.15, 0.2) is 5.78 Å². The van der Waals surface area contributed by atoms with Crippen molar-refractivity contribution in [1.29, 1.82) is 0 Å². The molecule has 0 fully saturated rings. The molecule has 0 N–H and O–H groups in total. The van der Waals surface area contributed by atoms with E-state index < -0.39 is 0 Å². The second-order valence-corrected chi connectivity index (χ2v) is 4.15. The summed E-state index contributed by atoms with van der Waals surface area (Å²) in [7, 11) is 0. The fraction of sp³-hybridized carbons (Fsp3) is 0.0714. The Morgan fingerprint density at radius 2 is 1.24 bits per heavy atom. The molecule has 3 heteroatoms. The first-order valence-corrected chi connectivity index (χ1v) is 5.83. The van der Waals surface area contributed by atoms with Gasteiger partial charge in [-0.3, -0.25) is 4.79 Å². The van der Waals surface area contributed by atoms with Crippen molar-refractivity contribution in [3.8, 4) is 0 Å². The summed E-state index contributed by atoms with van der Waals surface area (Å²) >= 11 is 11.2. The number of ketones is 1. The molecule has 0 aliphatic heterocycles. The number of rotatable bonds is 1. The van der Waals surface area contributed by atoms with Crippen LogP contribution in [0.15, 0.2) is 54.6 Å². The summed E-state index contributed by atoms with van der Waals surface area (Å²) in [6.45, 7) is 1.56. The molecule has 0 radical (unpaired) electrons. The zero-order valence-electron chi connectivity index (χ0n) is 9.36. The van der Waals surface area contributed by atoms with E-state index >= 15 is 0 Å². The Morgan fingerprint density at radius 1 is 0.824 bits per heavy atom. The highest BCUT2D eigenvalue weighted by Gasteiger charge is 1.92. The van der Waals surface area contributed by atoms with Gasteiger partial charge in [0.25, 0.3) is 0 Å². The van der Waals surface area contributed by atoms with E-state index in [0.29, 0.717) is 10.0 Å². The molecule has 0 spiro atoms. The highest BCUT2D eigenvalue weighted by Crippen LogP contribution is 2.19. The van der Waals surface area contributed by atoms with E-state index in [-0.39, 0.29) is 5.78 Å². The molecule has 0 aromatic heterocycles. The largest absolute Gasteiger partial charge is 0.295 e. The first-order chi connectivity index (χ1) is 8.11. The molecule has 0 heterocycles. The Hall–Kier alpha value is -1.31. The molecule has 2 aromatic carbocycles. The molecule has 0 atom stereocenters. The van der Waals surface area contributed by atoms with Gasteiger partial charge in [-0.1, -0.05) is 65.7 Å². The van der Waals surface area contributed by atoms with Gasteiger partial charge in [-0.15, -0.1) is 0 Å². The number of carbonyl (C=O) groups excluding carboxylic acids is 1. The summed E-state index contributed by atoms with van der Waals surface area (Å²) in [5.41, 5.74) is 0.775. The van der Waals surface area contributed by atoms with E-state index in [1.807, 2.05) is 42.5 Å². The zero-order chi connectivity index (χ0) is 12.7. The van der Waals surface area contributed by atoms with Crippen LogP contribution in [0.5, 0.6) is 0 Å². The number of hydrogen-bond donors (Lipinski definition) is 0. The van der Waals surface area contributed by atoms with Crippen molar-refractivity contribution in [2.45, 2.75) is 6.92 Å². The van der Waals surface area contributed by atoms with Crippen molar-refractivity contribution in [3.05, 3.63) is 70.2 Å². The van der Waals surface area contributed by atoms with Crippen molar-refractivity contribution in [3.63, 3.8) is 0 Å². The maximum Gasteiger partial charge on any atom is 0.159 e. The SMILES string of the molecule is CC(=O)c1ccccc1.Clc1ccccc1Cl. The van der Waals surface area contributed by atoms with Gasteiger partial charge in [-0.2, -0.15) is 0 Å². The molecule has 2 rings (SSSR count). The van der Waals surface area contributed by atoms with Crippen LogP contribution in [-0.4, -0.2) is 5.78 Å². The summed E-state index contributed by atoms with van der Waals surface area (Å²) in [5, 5.41) is 1.21. The molecule has 88 valence electrons. The lowest BCUT2D eigenvalue weighted by Crippen LogP contribution is -1.88. The van der Waals surface area contributed by atoms with E-state index in [9.17, 15) is 4.79 Å². The minimum absolute atomic E-state index is 0.121. The van der Waals surface area contributed by atoms with Crippen molar-refractivity contribution >= 4 is 29.0 Å². The van der Waals surface area contributed by atoms with Crippen LogP contribution >= 0.6 is 23.2 Å². The molecule has 0 aliphatic carbocycles. The third-order valence-electron chi connectivity index (χ3n) is 2.00. The molecule has 0 saturated carbocycles. The Labute approximate surface area is 111 Å². The van der Waals surface area contributed by atoms with E-state index in [2.05, 4.69) is 0 Å². The van der Waals surface area contributed by atoms with Gasteiger partial charge < -0.3 is 0 Å². The minimum atomic E-state index is 0.121. The maximum absolute atomic E-state index is 10.6. The Balaban J connectivity index is 0.000000171. The molecule has 0 saturated heterocycles. The van der Waals surface area contributed by atoms with Crippen molar-refractivity contribution in [2.24, 2.45) is 0 Å². The lowest BCUT2D eigenvalue weighted by molar-refractivity contribution is 0.101. The van der Waals surface area contributed by atoms with Crippen molar-refractivity contribution < 1.29 is 4.79 Å². The third-order valence-corrected chi connectivity index (χ3v) is 2.76. The second kappa shape index (κ2) is 7.10. The fourth-order valence-corrected chi connectivity index (χ4v) is 1.38. The van der Waals surface area contributed by atoms with Crippen molar-refractivity contribution in [2.75, 3.05) is 0 Å². The van der Waals surface area contributed by atoms with Crippen LogP contribution in [0.2, 0.25) is 10.0 Å². The average Bonchev–Trinajstić information content (AvgIpc) is 2.35. The first kappa shape index (κ1) is 13.8. The van der Waals surface area contributed by atoms with E-state index in [0.717, 1.165) is 5.56 Å². The van der Waals surface area contributed by atoms with Gasteiger partial charge >= 0.3 is 0 Å². The van der Waals surface area contributed by atoms with E-state index in [4.69, 9.17) is 23.2 Å². The Morgan fingerprint density at radius 3 is 1.53 bits per heavy atom. The van der Waals surface area contributed by atoms with Crippen LogP contribution < -0.4 is 0 Å². The summed E-state index contributed by atoms with van der Waals surface area (Å²) in [6.07, 6.45) is 0. The number of Topliss-reactive ketones (excluding diaryl/α,β-unsaturated/α-hetero) is 1. The first-order valence-electron chi connectivity index (χ1n) is 5.07. The van der Waals surface area contributed by atoms with Gasteiger partial charge in [0.05, 0.1) is 10.0 Å². The molecule has 0 amide bonds. The predicted octanol–water partition coefficient (Wildman–Crippen LogP) is 4.88. The Kier molecular flexibility index (Phi) is 5.75. The molecule has 17 heavy (non-hydrogen) atoms. The normalized spacial score (nSPS) is 9.12. The number of hydrogen-bond acceptors (Lipinski definition) is 1. The number of halogens is 2. The monoisotopic (exact) mass is 266 g/mol. The van der Waals surface area contributed by atoms with E-state index in [1.165, 1.54) is 0 Å². The minimum Gasteiger partial charge on any atom is -0.295 e. The molecule has 2 aromatic rings. The van der Waals surface area contributed by atoms with Crippen LogP contribution in [-0.2, 0) is 0 Å². The quantitative estimate of drug-likeness (QED) is 0.673. The highest BCUT2D eigenvalue weighted by atomic mass is 35.5. The molecule has 0 bridgehead atoms. The summed E-state index contributed by atoms with van der Waals surface area (Å²) in [4.78, 5) is 10.6. The predicted molar refractivity (Wildman–Crippen MR) is 72.9 cm³/mol. The fourth-order valence-electron chi connectivity index (χ4n) is 1.11. The van der Waals surface area contributed by atoms with Gasteiger partial charge in [0.2, 0.25) is 0 Å².